The van der Waals surface area contributed by atoms with Crippen LogP contribution in [0.25, 0.3) is 0 Å². The van der Waals surface area contributed by atoms with Gasteiger partial charge in [-0.05, 0) is 25.2 Å². The summed E-state index contributed by atoms with van der Waals surface area (Å²) in [4.78, 5) is 13.5. The van der Waals surface area contributed by atoms with Crippen LogP contribution >= 0.6 is 0 Å². The topological polar surface area (TPSA) is 52.6 Å². The third-order valence-corrected chi connectivity index (χ3v) is 2.22. The molecule has 0 aromatic rings. The van der Waals surface area contributed by atoms with Crippen molar-refractivity contribution in [3.63, 3.8) is 0 Å². The smallest absolute Gasteiger partial charge is 0.317 e. The van der Waals surface area contributed by atoms with Crippen LogP contribution in [-0.2, 0) is 0 Å². The fourth-order valence-corrected chi connectivity index (χ4v) is 1.57. The molecular formula is C12H26N2O2. The van der Waals surface area contributed by atoms with E-state index in [-0.39, 0.29) is 24.1 Å². The van der Waals surface area contributed by atoms with E-state index in [1.165, 1.54) is 0 Å². The molecule has 0 aliphatic heterocycles. The number of amides is 2. The molecule has 1 atom stereocenters. The van der Waals surface area contributed by atoms with Crippen LogP contribution in [0.5, 0.6) is 0 Å². The van der Waals surface area contributed by atoms with E-state index in [1.54, 1.807) is 11.9 Å². The van der Waals surface area contributed by atoms with Gasteiger partial charge in [-0.1, -0.05) is 20.8 Å². The first kappa shape index (κ1) is 15.2. The highest BCUT2D eigenvalue weighted by Gasteiger charge is 2.18. The summed E-state index contributed by atoms with van der Waals surface area (Å²) in [6.07, 6.45) is 1.54. The number of aliphatic hydroxyl groups excluding tert-OH is 1. The van der Waals surface area contributed by atoms with E-state index in [9.17, 15) is 4.79 Å². The second kappa shape index (κ2) is 6.74. The van der Waals surface area contributed by atoms with E-state index in [2.05, 4.69) is 26.1 Å². The van der Waals surface area contributed by atoms with Gasteiger partial charge in [-0.3, -0.25) is 0 Å². The lowest BCUT2D eigenvalue weighted by Crippen LogP contribution is -2.44. The van der Waals surface area contributed by atoms with Gasteiger partial charge in [-0.15, -0.1) is 0 Å². The van der Waals surface area contributed by atoms with E-state index in [0.717, 1.165) is 19.4 Å². The summed E-state index contributed by atoms with van der Waals surface area (Å²) in [7, 11) is 1.80. The molecule has 0 aromatic heterocycles. The normalized spacial score (nSPS) is 13.4. The van der Waals surface area contributed by atoms with E-state index in [4.69, 9.17) is 5.11 Å². The quantitative estimate of drug-likeness (QED) is 0.757. The second-order valence-corrected chi connectivity index (χ2v) is 5.63. The molecule has 0 aromatic carbocycles. The van der Waals surface area contributed by atoms with E-state index < -0.39 is 0 Å². The van der Waals surface area contributed by atoms with E-state index in [0.29, 0.717) is 0 Å². The molecule has 16 heavy (non-hydrogen) atoms. The monoisotopic (exact) mass is 230 g/mol. The van der Waals surface area contributed by atoms with Crippen molar-refractivity contribution in [3.05, 3.63) is 0 Å². The third-order valence-electron chi connectivity index (χ3n) is 2.22. The number of carbonyl (C=O) groups excluding carboxylic acids is 1. The van der Waals surface area contributed by atoms with Crippen LogP contribution in [0.4, 0.5) is 4.79 Å². The highest BCUT2D eigenvalue weighted by Crippen LogP contribution is 2.14. The lowest BCUT2D eigenvalue weighted by atomic mass is 9.96. The van der Waals surface area contributed by atoms with Gasteiger partial charge in [0.2, 0.25) is 0 Å². The molecule has 0 saturated heterocycles. The number of hydrogen-bond acceptors (Lipinski definition) is 2. The van der Waals surface area contributed by atoms with Crippen LogP contribution in [0.1, 0.15) is 40.5 Å². The number of carbonyl (C=O) groups is 1. The largest absolute Gasteiger partial charge is 0.396 e. The van der Waals surface area contributed by atoms with E-state index in [1.807, 2.05) is 6.92 Å². The van der Waals surface area contributed by atoms with E-state index >= 15 is 0 Å². The molecular weight excluding hydrogens is 204 g/mol. The first-order valence-electron chi connectivity index (χ1n) is 5.89. The number of rotatable bonds is 5. The van der Waals surface area contributed by atoms with Gasteiger partial charge < -0.3 is 15.3 Å². The Labute approximate surface area is 99.0 Å². The maximum Gasteiger partial charge on any atom is 0.317 e. The van der Waals surface area contributed by atoms with Crippen molar-refractivity contribution >= 4 is 6.03 Å². The molecule has 96 valence electrons. The predicted octanol–water partition coefficient (Wildman–Crippen LogP) is 1.83. The van der Waals surface area contributed by atoms with Crippen LogP contribution in [0.15, 0.2) is 0 Å². The zero-order valence-electron chi connectivity index (χ0n) is 11.2. The lowest BCUT2D eigenvalue weighted by Gasteiger charge is -2.28. The molecule has 0 bridgehead atoms. The molecule has 2 N–H and O–H groups in total. The lowest BCUT2D eigenvalue weighted by molar-refractivity contribution is 0.183. The summed E-state index contributed by atoms with van der Waals surface area (Å²) in [6, 6.07) is 0.0717. The van der Waals surface area contributed by atoms with Gasteiger partial charge in [-0.25, -0.2) is 4.79 Å². The summed E-state index contributed by atoms with van der Waals surface area (Å²) in [5, 5.41) is 11.6. The van der Waals surface area contributed by atoms with Crippen LogP contribution in [0.2, 0.25) is 0 Å². The first-order valence-corrected chi connectivity index (χ1v) is 5.89. The Balaban J connectivity index is 3.95. The first-order chi connectivity index (χ1) is 7.26. The Hall–Kier alpha value is -0.770. The molecule has 0 saturated carbocycles. The van der Waals surface area contributed by atoms with Gasteiger partial charge in [-0.2, -0.15) is 0 Å². The summed E-state index contributed by atoms with van der Waals surface area (Å²) in [5.74, 6) is 0. The zero-order chi connectivity index (χ0) is 12.8. The van der Waals surface area contributed by atoms with Crippen molar-refractivity contribution in [3.8, 4) is 0 Å². The Morgan fingerprint density at radius 1 is 1.44 bits per heavy atom. The van der Waals surface area contributed by atoms with Crippen LogP contribution in [0, 0.1) is 5.41 Å². The molecule has 2 amide bonds. The van der Waals surface area contributed by atoms with Gasteiger partial charge in [0, 0.05) is 26.2 Å². The zero-order valence-corrected chi connectivity index (χ0v) is 11.2. The van der Waals surface area contributed by atoms with Crippen molar-refractivity contribution < 1.29 is 9.90 Å². The fourth-order valence-electron chi connectivity index (χ4n) is 1.57. The van der Waals surface area contributed by atoms with Crippen molar-refractivity contribution in [2.45, 2.75) is 46.6 Å². The Morgan fingerprint density at radius 3 is 2.44 bits per heavy atom. The summed E-state index contributed by atoms with van der Waals surface area (Å²) in [6.45, 7) is 9.17. The van der Waals surface area contributed by atoms with Gasteiger partial charge in [0.15, 0.2) is 0 Å². The molecule has 0 aliphatic rings. The molecule has 0 fully saturated rings. The molecule has 1 unspecified atom stereocenters. The van der Waals surface area contributed by atoms with Crippen LogP contribution in [0.3, 0.4) is 0 Å². The molecule has 0 spiro atoms. The molecule has 0 heterocycles. The molecule has 0 radical (unpaired) electrons. The predicted molar refractivity (Wildman–Crippen MR) is 66.4 cm³/mol. The van der Waals surface area contributed by atoms with Crippen molar-refractivity contribution in [2.24, 2.45) is 5.41 Å². The summed E-state index contributed by atoms with van der Waals surface area (Å²) in [5.41, 5.74) is 0.112. The second-order valence-electron chi connectivity index (χ2n) is 5.63. The van der Waals surface area contributed by atoms with Crippen molar-refractivity contribution in [2.75, 3.05) is 20.2 Å². The third kappa shape index (κ3) is 7.51. The maximum atomic E-state index is 11.7. The summed E-state index contributed by atoms with van der Waals surface area (Å²) >= 11 is 0. The Bertz CT molecular complexity index is 212. The van der Waals surface area contributed by atoms with Crippen LogP contribution < -0.4 is 5.32 Å². The van der Waals surface area contributed by atoms with Crippen molar-refractivity contribution in [1.82, 2.24) is 10.2 Å². The minimum absolute atomic E-state index is 0.0413. The highest BCUT2D eigenvalue weighted by molar-refractivity contribution is 5.74. The van der Waals surface area contributed by atoms with Crippen LogP contribution in [-0.4, -0.2) is 42.3 Å². The minimum Gasteiger partial charge on any atom is -0.396 e. The minimum atomic E-state index is -0.0413. The number of urea groups is 1. The van der Waals surface area contributed by atoms with Crippen molar-refractivity contribution in [1.29, 1.82) is 0 Å². The average molecular weight is 230 g/mol. The number of nitrogens with zero attached hydrogens (tertiary/aromatic N) is 1. The standard InChI is InChI=1S/C12H26N2O2/c1-10(7-6-8-15)13-11(16)14(5)9-12(2,3)4/h10,15H,6-9H2,1-5H3,(H,13,16). The Kier molecular flexibility index (Phi) is 6.41. The Morgan fingerprint density at radius 2 is 2.00 bits per heavy atom. The highest BCUT2D eigenvalue weighted by atomic mass is 16.3. The SMILES string of the molecule is CC(CCCO)NC(=O)N(C)CC(C)(C)C. The maximum absolute atomic E-state index is 11.7. The van der Waals surface area contributed by atoms with Gasteiger partial charge in [0.05, 0.1) is 0 Å². The average Bonchev–Trinajstić information content (AvgIpc) is 2.11. The van der Waals surface area contributed by atoms with Gasteiger partial charge >= 0.3 is 6.03 Å². The van der Waals surface area contributed by atoms with Gasteiger partial charge in [0.1, 0.15) is 0 Å². The number of nitrogens with one attached hydrogen (secondary N) is 1. The molecule has 0 aliphatic carbocycles. The van der Waals surface area contributed by atoms with Gasteiger partial charge in [0.25, 0.3) is 0 Å². The fraction of sp³-hybridized carbons (Fsp3) is 0.917. The number of aliphatic hydroxyl groups is 1. The number of hydrogen-bond donors (Lipinski definition) is 2. The molecule has 4 heteroatoms. The summed E-state index contributed by atoms with van der Waals surface area (Å²) < 4.78 is 0. The molecule has 4 nitrogen and oxygen atoms in total. The molecule has 0 rings (SSSR count).